The van der Waals surface area contributed by atoms with E-state index in [0.717, 1.165) is 6.54 Å². The highest BCUT2D eigenvalue weighted by molar-refractivity contribution is 5.52. The monoisotopic (exact) mass is 217 g/mol. The van der Waals surface area contributed by atoms with Crippen LogP contribution < -0.4 is 4.90 Å². The Morgan fingerprint density at radius 2 is 1.94 bits per heavy atom. The third-order valence-corrected chi connectivity index (χ3v) is 3.50. The highest BCUT2D eigenvalue weighted by Crippen LogP contribution is 2.27. The van der Waals surface area contributed by atoms with Gasteiger partial charge in [-0.05, 0) is 62.8 Å². The lowest BCUT2D eigenvalue weighted by Crippen LogP contribution is -2.31. The summed E-state index contributed by atoms with van der Waals surface area (Å²) in [7, 11) is 0. The van der Waals surface area contributed by atoms with Gasteiger partial charge in [-0.15, -0.1) is 0 Å². The van der Waals surface area contributed by atoms with E-state index < -0.39 is 0 Å². The molecule has 1 aromatic rings. The molecule has 0 saturated heterocycles. The molecule has 0 atom stereocenters. The molecule has 0 bridgehead atoms. The standard InChI is InChI=1S/C15H23N/c1-4-10-16(12(2)3)15-9-8-13-6-5-7-14(13)11-15/h8-9,11-12H,4-7,10H2,1-3H3. The van der Waals surface area contributed by atoms with Crippen LogP contribution in [-0.4, -0.2) is 12.6 Å². The number of nitrogens with zero attached hydrogens (tertiary/aromatic N) is 1. The van der Waals surface area contributed by atoms with E-state index in [1.54, 1.807) is 11.1 Å². The Bertz CT molecular complexity index is 354. The SMILES string of the molecule is CCCN(c1ccc2c(c1)CCC2)C(C)C. The second-order valence-corrected chi connectivity index (χ2v) is 5.09. The molecule has 0 aromatic heterocycles. The van der Waals surface area contributed by atoms with Crippen molar-refractivity contribution in [2.24, 2.45) is 0 Å². The summed E-state index contributed by atoms with van der Waals surface area (Å²) in [6.07, 6.45) is 5.12. The topological polar surface area (TPSA) is 3.24 Å². The molecule has 1 nitrogen and oxygen atoms in total. The first-order chi connectivity index (χ1) is 7.72. The van der Waals surface area contributed by atoms with Crippen LogP contribution in [0, 0.1) is 0 Å². The van der Waals surface area contributed by atoms with Crippen LogP contribution in [0.4, 0.5) is 5.69 Å². The molecule has 1 heteroatoms. The summed E-state index contributed by atoms with van der Waals surface area (Å²) in [6, 6.07) is 7.65. The first-order valence-electron chi connectivity index (χ1n) is 6.60. The largest absolute Gasteiger partial charge is 0.369 e. The van der Waals surface area contributed by atoms with Crippen molar-refractivity contribution in [3.05, 3.63) is 29.3 Å². The van der Waals surface area contributed by atoms with Crippen molar-refractivity contribution in [3.63, 3.8) is 0 Å². The fraction of sp³-hybridized carbons (Fsp3) is 0.600. The van der Waals surface area contributed by atoms with Crippen molar-refractivity contribution in [1.29, 1.82) is 0 Å². The maximum atomic E-state index is 2.51. The van der Waals surface area contributed by atoms with Gasteiger partial charge in [0.25, 0.3) is 0 Å². The molecule has 0 amide bonds. The second-order valence-electron chi connectivity index (χ2n) is 5.09. The molecular formula is C15H23N. The zero-order valence-electron chi connectivity index (χ0n) is 10.8. The van der Waals surface area contributed by atoms with Crippen LogP contribution in [0.15, 0.2) is 18.2 Å². The van der Waals surface area contributed by atoms with Crippen molar-refractivity contribution in [1.82, 2.24) is 0 Å². The average molecular weight is 217 g/mol. The number of anilines is 1. The van der Waals surface area contributed by atoms with E-state index in [-0.39, 0.29) is 0 Å². The molecule has 88 valence electrons. The third-order valence-electron chi connectivity index (χ3n) is 3.50. The minimum atomic E-state index is 0.597. The van der Waals surface area contributed by atoms with Gasteiger partial charge < -0.3 is 4.90 Å². The lowest BCUT2D eigenvalue weighted by atomic mass is 10.1. The molecule has 0 heterocycles. The summed E-state index contributed by atoms with van der Waals surface area (Å²) in [4.78, 5) is 2.51. The van der Waals surface area contributed by atoms with Crippen LogP contribution in [0.1, 0.15) is 44.7 Å². The number of rotatable bonds is 4. The Morgan fingerprint density at radius 1 is 1.19 bits per heavy atom. The van der Waals surface area contributed by atoms with E-state index >= 15 is 0 Å². The molecular weight excluding hydrogens is 194 g/mol. The van der Waals surface area contributed by atoms with Crippen molar-refractivity contribution >= 4 is 5.69 Å². The van der Waals surface area contributed by atoms with Gasteiger partial charge in [0.2, 0.25) is 0 Å². The van der Waals surface area contributed by atoms with Crippen LogP contribution in [0.2, 0.25) is 0 Å². The summed E-state index contributed by atoms with van der Waals surface area (Å²) in [5.74, 6) is 0. The Kier molecular flexibility index (Phi) is 3.52. The van der Waals surface area contributed by atoms with Gasteiger partial charge in [-0.25, -0.2) is 0 Å². The highest BCUT2D eigenvalue weighted by atomic mass is 15.1. The quantitative estimate of drug-likeness (QED) is 0.741. The fourth-order valence-electron chi connectivity index (χ4n) is 2.66. The maximum Gasteiger partial charge on any atom is 0.0371 e. The van der Waals surface area contributed by atoms with E-state index in [2.05, 4.69) is 43.9 Å². The maximum absolute atomic E-state index is 2.51. The molecule has 1 aliphatic carbocycles. The lowest BCUT2D eigenvalue weighted by molar-refractivity contribution is 0.671. The van der Waals surface area contributed by atoms with Crippen molar-refractivity contribution in [3.8, 4) is 0 Å². The Morgan fingerprint density at radius 3 is 2.62 bits per heavy atom. The zero-order valence-corrected chi connectivity index (χ0v) is 10.8. The minimum absolute atomic E-state index is 0.597. The number of hydrogen-bond donors (Lipinski definition) is 0. The van der Waals surface area contributed by atoms with E-state index in [9.17, 15) is 0 Å². The van der Waals surface area contributed by atoms with Gasteiger partial charge in [-0.3, -0.25) is 0 Å². The average Bonchev–Trinajstić information content (AvgIpc) is 2.72. The molecule has 1 aromatic carbocycles. The summed E-state index contributed by atoms with van der Waals surface area (Å²) < 4.78 is 0. The van der Waals surface area contributed by atoms with E-state index in [4.69, 9.17) is 0 Å². The smallest absolute Gasteiger partial charge is 0.0371 e. The molecule has 0 N–H and O–H groups in total. The summed E-state index contributed by atoms with van der Waals surface area (Å²) in [5, 5.41) is 0. The first-order valence-corrected chi connectivity index (χ1v) is 6.60. The van der Waals surface area contributed by atoms with Gasteiger partial charge in [-0.2, -0.15) is 0 Å². The van der Waals surface area contributed by atoms with Gasteiger partial charge in [0, 0.05) is 18.3 Å². The first kappa shape index (κ1) is 11.5. The molecule has 0 aliphatic heterocycles. The molecule has 16 heavy (non-hydrogen) atoms. The van der Waals surface area contributed by atoms with Crippen LogP contribution in [0.5, 0.6) is 0 Å². The number of fused-ring (bicyclic) bond motifs is 1. The summed E-state index contributed by atoms with van der Waals surface area (Å²) in [5.41, 5.74) is 4.57. The van der Waals surface area contributed by atoms with Crippen LogP contribution in [0.25, 0.3) is 0 Å². The highest BCUT2D eigenvalue weighted by Gasteiger charge is 2.14. The third kappa shape index (κ3) is 2.23. The minimum Gasteiger partial charge on any atom is -0.369 e. The predicted octanol–water partition coefficient (Wildman–Crippen LogP) is 3.80. The molecule has 0 spiro atoms. The van der Waals surface area contributed by atoms with E-state index in [1.807, 2.05) is 0 Å². The zero-order chi connectivity index (χ0) is 11.5. The Hall–Kier alpha value is -0.980. The fourth-order valence-corrected chi connectivity index (χ4v) is 2.66. The van der Waals surface area contributed by atoms with Gasteiger partial charge in [-0.1, -0.05) is 13.0 Å². The normalized spacial score (nSPS) is 14.2. The van der Waals surface area contributed by atoms with E-state index in [1.165, 1.54) is 31.4 Å². The van der Waals surface area contributed by atoms with Crippen molar-refractivity contribution in [2.75, 3.05) is 11.4 Å². The van der Waals surface area contributed by atoms with Gasteiger partial charge in [0.05, 0.1) is 0 Å². The Labute approximate surface area is 99.5 Å². The van der Waals surface area contributed by atoms with Gasteiger partial charge in [0.15, 0.2) is 0 Å². The molecule has 0 saturated carbocycles. The Balaban J connectivity index is 2.24. The summed E-state index contributed by atoms with van der Waals surface area (Å²) in [6.45, 7) is 7.98. The van der Waals surface area contributed by atoms with Crippen LogP contribution in [0.3, 0.4) is 0 Å². The van der Waals surface area contributed by atoms with Gasteiger partial charge in [0.1, 0.15) is 0 Å². The van der Waals surface area contributed by atoms with Crippen molar-refractivity contribution in [2.45, 2.75) is 52.5 Å². The molecule has 0 radical (unpaired) electrons. The molecule has 2 rings (SSSR count). The molecule has 0 unspecified atom stereocenters. The van der Waals surface area contributed by atoms with Crippen LogP contribution >= 0.6 is 0 Å². The number of hydrogen-bond acceptors (Lipinski definition) is 1. The number of aryl methyl sites for hydroxylation is 2. The predicted molar refractivity (Wildman–Crippen MR) is 71.2 cm³/mol. The molecule has 0 fully saturated rings. The summed E-state index contributed by atoms with van der Waals surface area (Å²) >= 11 is 0. The van der Waals surface area contributed by atoms with E-state index in [0.29, 0.717) is 6.04 Å². The lowest BCUT2D eigenvalue weighted by Gasteiger charge is -2.29. The number of benzene rings is 1. The van der Waals surface area contributed by atoms with Crippen molar-refractivity contribution < 1.29 is 0 Å². The van der Waals surface area contributed by atoms with Gasteiger partial charge >= 0.3 is 0 Å². The second kappa shape index (κ2) is 4.90. The molecule has 1 aliphatic rings. The van der Waals surface area contributed by atoms with Crippen LogP contribution in [-0.2, 0) is 12.8 Å².